The minimum Gasteiger partial charge on any atom is -0.479 e. The Morgan fingerprint density at radius 1 is 1.17 bits per heavy atom. The van der Waals surface area contributed by atoms with E-state index in [0.29, 0.717) is 18.8 Å². The Morgan fingerprint density at radius 3 is 2.33 bits per heavy atom. The van der Waals surface area contributed by atoms with Crippen LogP contribution in [0.1, 0.15) is 45.4 Å². The summed E-state index contributed by atoms with van der Waals surface area (Å²) in [5.41, 5.74) is 0. The van der Waals surface area contributed by atoms with Gasteiger partial charge in [0.05, 0.1) is 0 Å². The Hall–Kier alpha value is -1.10. The smallest absolute Gasteiger partial charge is 0.332 e. The first-order chi connectivity index (χ1) is 8.58. The van der Waals surface area contributed by atoms with Gasteiger partial charge in [0.2, 0.25) is 5.91 Å². The highest BCUT2D eigenvalue weighted by atomic mass is 16.5. The van der Waals surface area contributed by atoms with Crippen LogP contribution in [0.25, 0.3) is 0 Å². The number of hydrogen-bond donors (Lipinski definition) is 2. The number of hydrogen-bond acceptors (Lipinski definition) is 3. The van der Waals surface area contributed by atoms with Gasteiger partial charge in [-0.25, -0.2) is 4.79 Å². The zero-order valence-corrected chi connectivity index (χ0v) is 10.7. The molecule has 5 heteroatoms. The monoisotopic (exact) mass is 255 g/mol. The van der Waals surface area contributed by atoms with Crippen molar-refractivity contribution < 1.29 is 19.4 Å². The van der Waals surface area contributed by atoms with Crippen LogP contribution in [-0.4, -0.2) is 35.2 Å². The molecule has 2 fully saturated rings. The highest BCUT2D eigenvalue weighted by Gasteiger charge is 2.35. The van der Waals surface area contributed by atoms with E-state index in [2.05, 4.69) is 5.32 Å². The second kappa shape index (κ2) is 5.69. The predicted octanol–water partition coefficient (Wildman–Crippen LogP) is 1.31. The molecule has 0 spiro atoms. The van der Waals surface area contributed by atoms with Crippen LogP contribution in [0.4, 0.5) is 0 Å². The zero-order valence-electron chi connectivity index (χ0n) is 10.7. The number of carbonyl (C=O) groups excluding carboxylic acids is 1. The third kappa shape index (κ3) is 3.02. The van der Waals surface area contributed by atoms with Gasteiger partial charge in [0.25, 0.3) is 0 Å². The summed E-state index contributed by atoms with van der Waals surface area (Å²) in [4.78, 5) is 22.7. The summed E-state index contributed by atoms with van der Waals surface area (Å²) in [7, 11) is 0. The molecule has 1 heterocycles. The lowest BCUT2D eigenvalue weighted by molar-refractivity contribution is -0.152. The molecule has 1 aliphatic carbocycles. The minimum atomic E-state index is -0.978. The molecule has 0 aromatic heterocycles. The number of rotatable bonds is 4. The maximum Gasteiger partial charge on any atom is 0.332 e. The van der Waals surface area contributed by atoms with E-state index in [-0.39, 0.29) is 11.9 Å². The SMILES string of the molecule is CC(NC(=O)[C@@H]1CC[C@H](C(=O)O)O1)C1CCCC1. The van der Waals surface area contributed by atoms with Crippen molar-refractivity contribution in [3.8, 4) is 0 Å². The molecule has 5 nitrogen and oxygen atoms in total. The molecular formula is C13H21NO4. The fourth-order valence-corrected chi connectivity index (χ4v) is 2.90. The van der Waals surface area contributed by atoms with Crippen LogP contribution >= 0.6 is 0 Å². The zero-order chi connectivity index (χ0) is 13.1. The summed E-state index contributed by atoms with van der Waals surface area (Å²) in [5, 5.41) is 11.8. The third-order valence-corrected chi connectivity index (χ3v) is 4.06. The molecule has 1 amide bonds. The van der Waals surface area contributed by atoms with Gasteiger partial charge in [-0.1, -0.05) is 12.8 Å². The highest BCUT2D eigenvalue weighted by molar-refractivity contribution is 5.82. The van der Waals surface area contributed by atoms with Crippen molar-refractivity contribution in [2.24, 2.45) is 5.92 Å². The number of amides is 1. The highest BCUT2D eigenvalue weighted by Crippen LogP contribution is 2.28. The van der Waals surface area contributed by atoms with Crippen LogP contribution in [0.5, 0.6) is 0 Å². The Labute approximate surface area is 107 Å². The van der Waals surface area contributed by atoms with Crippen molar-refractivity contribution in [1.82, 2.24) is 5.32 Å². The Balaban J connectivity index is 1.79. The summed E-state index contributed by atoms with van der Waals surface area (Å²) in [5.74, 6) is -0.571. The van der Waals surface area contributed by atoms with Gasteiger partial charge >= 0.3 is 5.97 Å². The van der Waals surface area contributed by atoms with E-state index in [9.17, 15) is 9.59 Å². The lowest BCUT2D eigenvalue weighted by Crippen LogP contribution is -2.43. The largest absolute Gasteiger partial charge is 0.479 e. The van der Waals surface area contributed by atoms with E-state index in [1.54, 1.807) is 0 Å². The number of carboxylic acids is 1. The van der Waals surface area contributed by atoms with Gasteiger partial charge in [0.1, 0.15) is 6.10 Å². The molecule has 1 saturated carbocycles. The van der Waals surface area contributed by atoms with E-state index in [4.69, 9.17) is 9.84 Å². The molecule has 0 aromatic rings. The van der Waals surface area contributed by atoms with Crippen molar-refractivity contribution in [2.75, 3.05) is 0 Å². The van der Waals surface area contributed by atoms with Crippen LogP contribution in [0, 0.1) is 5.92 Å². The van der Waals surface area contributed by atoms with Gasteiger partial charge in [-0.15, -0.1) is 0 Å². The van der Waals surface area contributed by atoms with Crippen LogP contribution in [0.2, 0.25) is 0 Å². The standard InChI is InChI=1S/C13H21NO4/c1-8(9-4-2-3-5-9)14-12(15)10-6-7-11(18-10)13(16)17/h8-11H,2-7H2,1H3,(H,14,15)(H,16,17)/t8?,10-,11+/m0/s1. The molecule has 1 saturated heterocycles. The molecule has 2 rings (SSSR count). The van der Waals surface area contributed by atoms with E-state index < -0.39 is 18.2 Å². The Bertz CT molecular complexity index is 325. The Kier molecular flexibility index (Phi) is 4.22. The third-order valence-electron chi connectivity index (χ3n) is 4.06. The molecule has 0 aromatic carbocycles. The van der Waals surface area contributed by atoms with Crippen LogP contribution in [-0.2, 0) is 14.3 Å². The maximum absolute atomic E-state index is 12.0. The lowest BCUT2D eigenvalue weighted by atomic mass is 9.99. The molecule has 0 radical (unpaired) electrons. The molecular weight excluding hydrogens is 234 g/mol. The van der Waals surface area contributed by atoms with E-state index in [1.807, 2.05) is 6.92 Å². The summed E-state index contributed by atoms with van der Waals surface area (Å²) in [6.07, 6.45) is 4.34. The van der Waals surface area contributed by atoms with Crippen molar-refractivity contribution in [3.63, 3.8) is 0 Å². The van der Waals surface area contributed by atoms with Crippen LogP contribution in [0.3, 0.4) is 0 Å². The lowest BCUT2D eigenvalue weighted by Gasteiger charge is -2.22. The quantitative estimate of drug-likeness (QED) is 0.794. The molecule has 2 N–H and O–H groups in total. The van der Waals surface area contributed by atoms with Crippen molar-refractivity contribution in [3.05, 3.63) is 0 Å². The van der Waals surface area contributed by atoms with E-state index >= 15 is 0 Å². The van der Waals surface area contributed by atoms with Gasteiger partial charge in [0.15, 0.2) is 6.10 Å². The average molecular weight is 255 g/mol. The molecule has 3 atom stereocenters. The molecule has 0 bridgehead atoms. The van der Waals surface area contributed by atoms with Crippen molar-refractivity contribution in [1.29, 1.82) is 0 Å². The van der Waals surface area contributed by atoms with Crippen molar-refractivity contribution in [2.45, 2.75) is 63.7 Å². The normalized spacial score (nSPS) is 30.3. The number of aliphatic carboxylic acids is 1. The fourth-order valence-electron chi connectivity index (χ4n) is 2.90. The average Bonchev–Trinajstić information content (AvgIpc) is 3.00. The Morgan fingerprint density at radius 2 is 1.78 bits per heavy atom. The fraction of sp³-hybridized carbons (Fsp3) is 0.846. The van der Waals surface area contributed by atoms with Gasteiger partial charge in [0, 0.05) is 6.04 Å². The molecule has 1 unspecified atom stereocenters. The summed E-state index contributed by atoms with van der Waals surface area (Å²) >= 11 is 0. The first-order valence-electron chi connectivity index (χ1n) is 6.76. The van der Waals surface area contributed by atoms with E-state index in [1.165, 1.54) is 25.7 Å². The second-order valence-electron chi connectivity index (χ2n) is 5.37. The number of carbonyl (C=O) groups is 2. The number of ether oxygens (including phenoxy) is 1. The topological polar surface area (TPSA) is 75.6 Å². The maximum atomic E-state index is 12.0. The molecule has 2 aliphatic rings. The first-order valence-corrected chi connectivity index (χ1v) is 6.76. The van der Waals surface area contributed by atoms with Gasteiger partial charge in [-0.2, -0.15) is 0 Å². The number of nitrogens with one attached hydrogen (secondary N) is 1. The molecule has 102 valence electrons. The van der Waals surface area contributed by atoms with Gasteiger partial charge < -0.3 is 15.2 Å². The summed E-state index contributed by atoms with van der Waals surface area (Å²) in [6.45, 7) is 2.03. The first kappa shape index (κ1) is 13.3. The number of carboxylic acid groups (broad SMARTS) is 1. The molecule has 1 aliphatic heterocycles. The van der Waals surface area contributed by atoms with Gasteiger partial charge in [-0.3, -0.25) is 4.79 Å². The van der Waals surface area contributed by atoms with Crippen LogP contribution in [0.15, 0.2) is 0 Å². The molecule has 18 heavy (non-hydrogen) atoms. The van der Waals surface area contributed by atoms with Crippen LogP contribution < -0.4 is 5.32 Å². The second-order valence-corrected chi connectivity index (χ2v) is 5.37. The van der Waals surface area contributed by atoms with Crippen molar-refractivity contribution >= 4 is 11.9 Å². The predicted molar refractivity (Wildman–Crippen MR) is 65.1 cm³/mol. The summed E-state index contributed by atoms with van der Waals surface area (Å²) < 4.78 is 5.24. The van der Waals surface area contributed by atoms with E-state index in [0.717, 1.165) is 0 Å². The summed E-state index contributed by atoms with van der Waals surface area (Å²) in [6, 6.07) is 0.160. The van der Waals surface area contributed by atoms with Gasteiger partial charge in [-0.05, 0) is 38.5 Å². The minimum absolute atomic E-state index is 0.154.